The highest BCUT2D eigenvalue weighted by Gasteiger charge is 2.44. The number of halogens is 1. The monoisotopic (exact) mass is 544 g/mol. The SMILES string of the molecule is CN(C)S(=O)(=O)N(C)CCOc1ccc(Cc2cc(C3OC(CO)C(O)C(O)C3O)ccc2Cl)cc1. The maximum Gasteiger partial charge on any atom is 0.281 e. The summed E-state index contributed by atoms with van der Waals surface area (Å²) in [6.45, 7) is -0.115. The molecule has 200 valence electrons. The summed E-state index contributed by atoms with van der Waals surface area (Å²) in [5.41, 5.74) is 2.25. The number of nitrogens with zero attached hydrogens (tertiary/aromatic N) is 2. The Morgan fingerprint density at radius 3 is 2.28 bits per heavy atom. The molecule has 4 N–H and O–H groups in total. The summed E-state index contributed by atoms with van der Waals surface area (Å²) in [4.78, 5) is 0. The average molecular weight is 545 g/mol. The number of aliphatic hydroxyl groups is 4. The summed E-state index contributed by atoms with van der Waals surface area (Å²) >= 11 is 6.40. The number of aliphatic hydroxyl groups excluding tert-OH is 4. The number of likely N-dealkylation sites (N-methyl/N-ethyl adjacent to an activating group) is 1. The van der Waals surface area contributed by atoms with Crippen LogP contribution in [0.1, 0.15) is 22.8 Å². The molecule has 0 radical (unpaired) electrons. The van der Waals surface area contributed by atoms with Crippen LogP contribution in [-0.2, 0) is 21.4 Å². The predicted octanol–water partition coefficient (Wildman–Crippen LogP) is 0.563. The summed E-state index contributed by atoms with van der Waals surface area (Å²) in [7, 11) is 0.937. The molecule has 2 aromatic rings. The third kappa shape index (κ3) is 6.55. The molecule has 1 fully saturated rings. The molecule has 5 atom stereocenters. The third-order valence-corrected chi connectivity index (χ3v) is 8.40. The fourth-order valence-corrected chi connectivity index (χ4v) is 4.94. The first-order chi connectivity index (χ1) is 16.9. The molecule has 3 rings (SSSR count). The lowest BCUT2D eigenvalue weighted by atomic mass is 9.90. The van der Waals surface area contributed by atoms with E-state index in [4.69, 9.17) is 21.1 Å². The lowest BCUT2D eigenvalue weighted by molar-refractivity contribution is -0.231. The molecule has 36 heavy (non-hydrogen) atoms. The number of rotatable bonds is 10. The highest BCUT2D eigenvalue weighted by Crippen LogP contribution is 2.34. The van der Waals surface area contributed by atoms with Gasteiger partial charge in [-0.05, 0) is 41.3 Å². The quantitative estimate of drug-likeness (QED) is 0.340. The van der Waals surface area contributed by atoms with Crippen LogP contribution in [0.15, 0.2) is 42.5 Å². The number of hydrogen-bond donors (Lipinski definition) is 4. The van der Waals surface area contributed by atoms with Crippen molar-refractivity contribution in [3.8, 4) is 5.75 Å². The molecule has 12 heteroatoms. The van der Waals surface area contributed by atoms with Crippen LogP contribution in [0.3, 0.4) is 0 Å². The fourth-order valence-electron chi connectivity index (χ4n) is 3.89. The van der Waals surface area contributed by atoms with Crippen LogP contribution in [0.5, 0.6) is 5.75 Å². The Bertz CT molecular complexity index is 1110. The maximum absolute atomic E-state index is 12.1. The first-order valence-electron chi connectivity index (χ1n) is 11.4. The number of hydrogen-bond acceptors (Lipinski definition) is 8. The zero-order chi connectivity index (χ0) is 26.6. The van der Waals surface area contributed by atoms with Crippen LogP contribution in [0.2, 0.25) is 5.02 Å². The van der Waals surface area contributed by atoms with Gasteiger partial charge in [0.05, 0.1) is 6.61 Å². The fraction of sp³-hybridized carbons (Fsp3) is 0.500. The molecule has 1 saturated heterocycles. The molecule has 10 nitrogen and oxygen atoms in total. The molecular formula is C24H33ClN2O8S. The van der Waals surface area contributed by atoms with Crippen LogP contribution < -0.4 is 4.74 Å². The average Bonchev–Trinajstić information content (AvgIpc) is 2.85. The Hall–Kier alpha value is -1.80. The number of ether oxygens (including phenoxy) is 2. The summed E-state index contributed by atoms with van der Waals surface area (Å²) in [6, 6.07) is 12.4. The van der Waals surface area contributed by atoms with Crippen LogP contribution in [-0.4, -0.2) is 103 Å². The minimum absolute atomic E-state index is 0.190. The van der Waals surface area contributed by atoms with Gasteiger partial charge < -0.3 is 29.9 Å². The molecule has 0 spiro atoms. The first kappa shape index (κ1) is 28.8. The second kappa shape index (κ2) is 12.2. The van der Waals surface area contributed by atoms with Gasteiger partial charge in [-0.2, -0.15) is 17.0 Å². The lowest BCUT2D eigenvalue weighted by Gasteiger charge is -2.40. The van der Waals surface area contributed by atoms with Crippen molar-refractivity contribution in [1.82, 2.24) is 8.61 Å². The van der Waals surface area contributed by atoms with Gasteiger partial charge in [-0.1, -0.05) is 35.9 Å². The molecule has 0 amide bonds. The van der Waals surface area contributed by atoms with Gasteiger partial charge in [0.2, 0.25) is 0 Å². The van der Waals surface area contributed by atoms with Gasteiger partial charge in [0.1, 0.15) is 42.9 Å². The van der Waals surface area contributed by atoms with Gasteiger partial charge in [-0.25, -0.2) is 0 Å². The Balaban J connectivity index is 1.65. The van der Waals surface area contributed by atoms with Crippen molar-refractivity contribution >= 4 is 21.8 Å². The standard InChI is InChI=1S/C24H33ClN2O8S/c1-26(2)36(32,33)27(3)10-11-34-18-7-4-15(5-8-18)12-17-13-16(6-9-19(17)25)24-23(31)22(30)21(29)20(14-28)35-24/h4-9,13,20-24,28-31H,10-12,14H2,1-3H3. The van der Waals surface area contributed by atoms with Crippen molar-refractivity contribution in [2.75, 3.05) is 40.9 Å². The Morgan fingerprint density at radius 2 is 1.67 bits per heavy atom. The van der Waals surface area contributed by atoms with E-state index in [0.29, 0.717) is 22.8 Å². The Kier molecular flexibility index (Phi) is 9.72. The summed E-state index contributed by atoms with van der Waals surface area (Å²) in [5, 5.41) is 40.5. The van der Waals surface area contributed by atoms with Gasteiger partial charge in [0.15, 0.2) is 0 Å². The molecule has 1 heterocycles. The van der Waals surface area contributed by atoms with Crippen LogP contribution in [0.4, 0.5) is 0 Å². The molecule has 0 bridgehead atoms. The second-order valence-electron chi connectivity index (χ2n) is 8.88. The van der Waals surface area contributed by atoms with Crippen molar-refractivity contribution in [2.45, 2.75) is 36.9 Å². The van der Waals surface area contributed by atoms with Gasteiger partial charge in [0.25, 0.3) is 10.2 Å². The van der Waals surface area contributed by atoms with Crippen LogP contribution >= 0.6 is 11.6 Å². The predicted molar refractivity (Wildman–Crippen MR) is 134 cm³/mol. The van der Waals surface area contributed by atoms with Gasteiger partial charge in [-0.3, -0.25) is 0 Å². The van der Waals surface area contributed by atoms with Crippen LogP contribution in [0, 0.1) is 0 Å². The van der Waals surface area contributed by atoms with Gasteiger partial charge in [-0.15, -0.1) is 0 Å². The van der Waals surface area contributed by atoms with E-state index in [-0.39, 0.29) is 13.2 Å². The maximum atomic E-state index is 12.1. The topological polar surface area (TPSA) is 140 Å². The molecular weight excluding hydrogens is 512 g/mol. The molecule has 1 aliphatic heterocycles. The van der Waals surface area contributed by atoms with Crippen LogP contribution in [0.25, 0.3) is 0 Å². The first-order valence-corrected chi connectivity index (χ1v) is 13.2. The van der Waals surface area contributed by atoms with E-state index in [2.05, 4.69) is 0 Å². The summed E-state index contributed by atoms with van der Waals surface area (Å²) in [5.74, 6) is 0.593. The molecule has 5 unspecified atom stereocenters. The normalized spacial score (nSPS) is 24.9. The van der Waals surface area contributed by atoms with Gasteiger partial charge in [0, 0.05) is 32.7 Å². The molecule has 0 aliphatic carbocycles. The van der Waals surface area contributed by atoms with E-state index < -0.39 is 47.3 Å². The third-order valence-electron chi connectivity index (χ3n) is 6.14. The molecule has 0 saturated carbocycles. The molecule has 0 aromatic heterocycles. The smallest absolute Gasteiger partial charge is 0.281 e. The number of benzene rings is 2. The van der Waals surface area contributed by atoms with E-state index >= 15 is 0 Å². The summed E-state index contributed by atoms with van der Waals surface area (Å²) in [6.07, 6.45) is -5.74. The Morgan fingerprint density at radius 1 is 1.00 bits per heavy atom. The van der Waals surface area contributed by atoms with E-state index in [9.17, 15) is 28.8 Å². The highest BCUT2D eigenvalue weighted by molar-refractivity contribution is 7.86. The lowest BCUT2D eigenvalue weighted by Crippen LogP contribution is -2.55. The Labute approximate surface area is 216 Å². The van der Waals surface area contributed by atoms with E-state index in [1.54, 1.807) is 30.3 Å². The highest BCUT2D eigenvalue weighted by atomic mass is 35.5. The molecule has 1 aliphatic rings. The minimum Gasteiger partial charge on any atom is -0.492 e. The largest absolute Gasteiger partial charge is 0.492 e. The van der Waals surface area contributed by atoms with Crippen molar-refractivity contribution in [3.05, 3.63) is 64.2 Å². The minimum atomic E-state index is -3.49. The second-order valence-corrected chi connectivity index (χ2v) is 11.5. The van der Waals surface area contributed by atoms with Crippen molar-refractivity contribution in [3.63, 3.8) is 0 Å². The van der Waals surface area contributed by atoms with E-state index in [0.717, 1.165) is 15.4 Å². The zero-order valence-electron chi connectivity index (χ0n) is 20.4. The van der Waals surface area contributed by atoms with Gasteiger partial charge >= 0.3 is 0 Å². The molecule has 2 aromatic carbocycles. The van der Waals surface area contributed by atoms with E-state index in [1.807, 2.05) is 12.1 Å². The van der Waals surface area contributed by atoms with Crippen molar-refractivity contribution in [1.29, 1.82) is 0 Å². The zero-order valence-corrected chi connectivity index (χ0v) is 21.9. The van der Waals surface area contributed by atoms with E-state index in [1.165, 1.54) is 25.4 Å². The van der Waals surface area contributed by atoms with Crippen molar-refractivity contribution < 1.29 is 38.3 Å². The van der Waals surface area contributed by atoms with Crippen molar-refractivity contribution in [2.24, 2.45) is 0 Å². The summed E-state index contributed by atoms with van der Waals surface area (Å²) < 4.78 is 37.8.